The van der Waals surface area contributed by atoms with Gasteiger partial charge in [-0.1, -0.05) is 36.8 Å². The Balaban J connectivity index is 1.34. The van der Waals surface area contributed by atoms with E-state index >= 15 is 0 Å². The first-order valence-electron chi connectivity index (χ1n) is 13.6. The third-order valence-corrected chi connectivity index (χ3v) is 9.06. The molecule has 6 rings (SSSR count). The van der Waals surface area contributed by atoms with Gasteiger partial charge < -0.3 is 14.2 Å². The summed E-state index contributed by atoms with van der Waals surface area (Å²) in [5.41, 5.74) is 3.04. The summed E-state index contributed by atoms with van der Waals surface area (Å²) in [5, 5.41) is 0. The number of anilines is 1. The maximum Gasteiger partial charge on any atom is 0.326 e. The zero-order valence-corrected chi connectivity index (χ0v) is 21.8. The molecule has 3 fully saturated rings. The quantitative estimate of drug-likeness (QED) is 0.503. The first-order chi connectivity index (χ1) is 17.4. The Bertz CT molecular complexity index is 1240. The average Bonchev–Trinajstić information content (AvgIpc) is 3.26. The summed E-state index contributed by atoms with van der Waals surface area (Å²) in [6.07, 6.45) is 13.8. The molecule has 2 amide bonds. The molecule has 3 aliphatic rings. The van der Waals surface area contributed by atoms with E-state index in [4.69, 9.17) is 4.98 Å². The smallest absolute Gasteiger partial charge is 0.317 e. The zero-order chi connectivity index (χ0) is 24.9. The number of rotatable bonds is 5. The van der Waals surface area contributed by atoms with Crippen LogP contribution in [0.15, 0.2) is 48.9 Å². The van der Waals surface area contributed by atoms with E-state index in [2.05, 4.69) is 59.2 Å². The first kappa shape index (κ1) is 23.5. The van der Waals surface area contributed by atoms with Gasteiger partial charge in [-0.15, -0.1) is 0 Å². The number of nitrogens with zero attached hydrogens (tertiary/aromatic N) is 6. The Hall–Kier alpha value is -2.93. The van der Waals surface area contributed by atoms with Crippen LogP contribution in [0.2, 0.25) is 0 Å². The summed E-state index contributed by atoms with van der Waals surface area (Å²) < 4.78 is 1.99. The van der Waals surface area contributed by atoms with Gasteiger partial charge in [-0.25, -0.2) is 14.8 Å². The Morgan fingerprint density at radius 1 is 1.06 bits per heavy atom. The van der Waals surface area contributed by atoms with Crippen LogP contribution in [0, 0.1) is 12.8 Å². The number of imidazole rings is 1. The molecule has 0 radical (unpaired) electrons. The second kappa shape index (κ2) is 9.18. The predicted octanol–water partition coefficient (Wildman–Crippen LogP) is 5.11. The van der Waals surface area contributed by atoms with Gasteiger partial charge in [0.15, 0.2) is 11.5 Å². The molecule has 1 spiro atoms. The maximum absolute atomic E-state index is 14.1. The Labute approximate surface area is 214 Å². The van der Waals surface area contributed by atoms with Crippen molar-refractivity contribution in [1.82, 2.24) is 24.2 Å². The van der Waals surface area contributed by atoms with Crippen molar-refractivity contribution >= 4 is 17.5 Å². The van der Waals surface area contributed by atoms with Crippen LogP contribution in [-0.2, 0) is 0 Å². The second-order valence-corrected chi connectivity index (χ2v) is 11.5. The number of hydrogen-bond donors (Lipinski definition) is 0. The molecule has 1 aromatic carbocycles. The van der Waals surface area contributed by atoms with Crippen LogP contribution in [0.1, 0.15) is 62.1 Å². The van der Waals surface area contributed by atoms with E-state index in [-0.39, 0.29) is 11.6 Å². The highest BCUT2D eigenvalue weighted by atomic mass is 16.2. The van der Waals surface area contributed by atoms with Crippen molar-refractivity contribution in [2.24, 2.45) is 5.92 Å². The number of amides is 2. The van der Waals surface area contributed by atoms with E-state index in [9.17, 15) is 4.79 Å². The van der Waals surface area contributed by atoms with Crippen molar-refractivity contribution < 1.29 is 4.79 Å². The van der Waals surface area contributed by atoms with Crippen molar-refractivity contribution in [3.8, 4) is 0 Å². The fourth-order valence-electron chi connectivity index (χ4n) is 6.83. The molecule has 3 heterocycles. The Morgan fingerprint density at radius 2 is 1.83 bits per heavy atom. The Morgan fingerprint density at radius 3 is 2.56 bits per heavy atom. The van der Waals surface area contributed by atoms with Crippen molar-refractivity contribution in [1.29, 1.82) is 0 Å². The third kappa shape index (κ3) is 4.07. The highest BCUT2D eigenvalue weighted by Gasteiger charge is 2.52. The molecule has 3 unspecified atom stereocenters. The van der Waals surface area contributed by atoms with E-state index in [0.717, 1.165) is 49.4 Å². The minimum absolute atomic E-state index is 0.130. The lowest BCUT2D eigenvalue weighted by Gasteiger charge is -2.40. The fraction of sp³-hybridized carbons (Fsp3) is 0.552. The van der Waals surface area contributed by atoms with E-state index in [1.165, 1.54) is 24.8 Å². The number of benzene rings is 1. The van der Waals surface area contributed by atoms with Crippen LogP contribution in [0.4, 0.5) is 10.6 Å². The molecule has 36 heavy (non-hydrogen) atoms. The average molecular weight is 487 g/mol. The molecule has 3 aromatic rings. The van der Waals surface area contributed by atoms with E-state index < -0.39 is 0 Å². The van der Waals surface area contributed by atoms with Crippen LogP contribution < -0.4 is 4.90 Å². The van der Waals surface area contributed by atoms with Gasteiger partial charge in [-0.05, 0) is 76.9 Å². The van der Waals surface area contributed by atoms with Gasteiger partial charge in [-0.2, -0.15) is 0 Å². The van der Waals surface area contributed by atoms with Crippen molar-refractivity contribution in [2.45, 2.75) is 69.4 Å². The molecule has 2 saturated carbocycles. The van der Waals surface area contributed by atoms with E-state index in [1.54, 1.807) is 6.20 Å². The number of aryl methyl sites for hydroxylation is 1. The standard InChI is InChI=1S/C29H38N6O/c1-21-17-33-19-27(30-16-26(33)31-21)34-20-29(35(28(34)36)18-22-8-7-9-22)14-12-24(23-10-5-4-6-11-23)25(13-15-29)32(2)3/h4-6,10-11,16-17,19,22,24-25H,7-9,12-15,18,20H2,1-3H3. The number of likely N-dealkylation sites (N-methyl/N-ethyl adjacent to an activating group) is 1. The van der Waals surface area contributed by atoms with Gasteiger partial charge in [0.25, 0.3) is 0 Å². The number of carbonyl (C=O) groups is 1. The molecule has 2 aromatic heterocycles. The van der Waals surface area contributed by atoms with Gasteiger partial charge in [0.2, 0.25) is 0 Å². The Kier molecular flexibility index (Phi) is 5.98. The largest absolute Gasteiger partial charge is 0.326 e. The summed E-state index contributed by atoms with van der Waals surface area (Å²) in [6.45, 7) is 3.58. The SMILES string of the molecule is Cc1cn2cc(N3CC4(CCC(c5ccccc5)C(N(C)C)CC4)N(CC4CCC4)C3=O)ncc2n1. The molecule has 7 heteroatoms. The summed E-state index contributed by atoms with van der Waals surface area (Å²) >= 11 is 0. The van der Waals surface area contributed by atoms with Gasteiger partial charge in [0.05, 0.1) is 30.2 Å². The lowest BCUT2D eigenvalue weighted by atomic mass is 9.82. The first-order valence-corrected chi connectivity index (χ1v) is 13.6. The fourth-order valence-corrected chi connectivity index (χ4v) is 6.83. The second-order valence-electron chi connectivity index (χ2n) is 11.5. The number of fused-ring (bicyclic) bond motifs is 1. The predicted molar refractivity (Wildman–Crippen MR) is 142 cm³/mol. The minimum atomic E-state index is -0.147. The highest BCUT2D eigenvalue weighted by molar-refractivity contribution is 5.94. The van der Waals surface area contributed by atoms with Crippen LogP contribution in [0.3, 0.4) is 0 Å². The summed E-state index contributed by atoms with van der Waals surface area (Å²) in [5.74, 6) is 1.84. The monoisotopic (exact) mass is 486 g/mol. The van der Waals surface area contributed by atoms with Crippen LogP contribution in [0.25, 0.3) is 5.65 Å². The van der Waals surface area contributed by atoms with Gasteiger partial charge in [-0.3, -0.25) is 4.90 Å². The minimum Gasteiger partial charge on any atom is -0.317 e. The normalized spacial score (nSPS) is 27.3. The summed E-state index contributed by atoms with van der Waals surface area (Å²) in [6, 6.07) is 11.6. The molecule has 3 atom stereocenters. The summed E-state index contributed by atoms with van der Waals surface area (Å²) in [7, 11) is 4.42. The lowest BCUT2D eigenvalue weighted by molar-refractivity contribution is 0.104. The third-order valence-electron chi connectivity index (χ3n) is 9.06. The van der Waals surface area contributed by atoms with Crippen molar-refractivity contribution in [2.75, 3.05) is 32.1 Å². The van der Waals surface area contributed by atoms with Crippen molar-refractivity contribution in [3.63, 3.8) is 0 Å². The number of hydrogen-bond acceptors (Lipinski definition) is 4. The lowest BCUT2D eigenvalue weighted by Crippen LogP contribution is -2.49. The van der Waals surface area contributed by atoms with Crippen LogP contribution in [0.5, 0.6) is 0 Å². The molecular formula is C29H38N6O. The van der Waals surface area contributed by atoms with E-state index in [1.807, 2.05) is 28.6 Å². The zero-order valence-electron chi connectivity index (χ0n) is 21.8. The molecule has 190 valence electrons. The molecule has 2 aliphatic carbocycles. The molecule has 7 nitrogen and oxygen atoms in total. The molecule has 1 saturated heterocycles. The van der Waals surface area contributed by atoms with E-state index in [0.29, 0.717) is 24.4 Å². The van der Waals surface area contributed by atoms with Crippen LogP contribution in [-0.4, -0.2) is 69.0 Å². The topological polar surface area (TPSA) is 57.0 Å². The number of carbonyl (C=O) groups excluding carboxylic acids is 1. The molecule has 1 aliphatic heterocycles. The van der Waals surface area contributed by atoms with Gasteiger partial charge in [0.1, 0.15) is 0 Å². The number of urea groups is 1. The summed E-state index contributed by atoms with van der Waals surface area (Å²) in [4.78, 5) is 29.9. The maximum atomic E-state index is 14.1. The highest BCUT2D eigenvalue weighted by Crippen LogP contribution is 2.46. The number of aromatic nitrogens is 3. The molecule has 0 N–H and O–H groups in total. The van der Waals surface area contributed by atoms with Gasteiger partial charge >= 0.3 is 6.03 Å². The van der Waals surface area contributed by atoms with Gasteiger partial charge in [0, 0.05) is 18.8 Å². The van der Waals surface area contributed by atoms with Crippen LogP contribution >= 0.6 is 0 Å². The molecule has 0 bridgehead atoms. The molecular weight excluding hydrogens is 448 g/mol. The van der Waals surface area contributed by atoms with Crippen molar-refractivity contribution in [3.05, 3.63) is 60.2 Å².